The minimum Gasteiger partial charge on any atom is -0.387 e. The van der Waals surface area contributed by atoms with Gasteiger partial charge in [0.15, 0.2) is 0 Å². The SMILES string of the molecule is CC(CCN(C)C)NC(=O)NCC(O)c1ccc(C(C)(C)C)cc1. The summed E-state index contributed by atoms with van der Waals surface area (Å²) >= 11 is 0. The summed E-state index contributed by atoms with van der Waals surface area (Å²) in [6.45, 7) is 9.56. The minimum atomic E-state index is -0.707. The predicted octanol–water partition coefficient (Wildman–Crippen LogP) is 2.66. The van der Waals surface area contributed by atoms with Crippen LogP contribution in [0.5, 0.6) is 0 Å². The molecule has 1 aromatic rings. The third-order valence-electron chi connectivity index (χ3n) is 4.00. The first-order valence-corrected chi connectivity index (χ1v) is 8.57. The van der Waals surface area contributed by atoms with Gasteiger partial charge in [-0.05, 0) is 50.5 Å². The zero-order chi connectivity index (χ0) is 18.3. The van der Waals surface area contributed by atoms with E-state index in [1.807, 2.05) is 45.3 Å². The van der Waals surface area contributed by atoms with Crippen LogP contribution in [-0.4, -0.2) is 49.3 Å². The number of nitrogens with one attached hydrogen (secondary N) is 2. The first-order valence-electron chi connectivity index (χ1n) is 8.57. The van der Waals surface area contributed by atoms with Gasteiger partial charge in [-0.3, -0.25) is 0 Å². The Kier molecular flexibility index (Phi) is 7.70. The number of hydrogen-bond donors (Lipinski definition) is 3. The lowest BCUT2D eigenvalue weighted by Crippen LogP contribution is -2.43. The predicted molar refractivity (Wildman–Crippen MR) is 99.3 cm³/mol. The van der Waals surface area contributed by atoms with Crippen LogP contribution >= 0.6 is 0 Å². The molecular formula is C19H33N3O2. The van der Waals surface area contributed by atoms with E-state index in [4.69, 9.17) is 0 Å². The maximum Gasteiger partial charge on any atom is 0.315 e. The van der Waals surface area contributed by atoms with E-state index in [0.29, 0.717) is 0 Å². The highest BCUT2D eigenvalue weighted by atomic mass is 16.3. The average Bonchev–Trinajstić information content (AvgIpc) is 2.50. The van der Waals surface area contributed by atoms with Crippen molar-refractivity contribution in [2.24, 2.45) is 0 Å². The second-order valence-electron chi connectivity index (χ2n) is 7.74. The number of urea groups is 1. The fourth-order valence-corrected chi connectivity index (χ4v) is 2.31. The molecule has 136 valence electrons. The summed E-state index contributed by atoms with van der Waals surface area (Å²) < 4.78 is 0. The van der Waals surface area contributed by atoms with Crippen LogP contribution in [0.3, 0.4) is 0 Å². The van der Waals surface area contributed by atoms with Crippen molar-refractivity contribution in [2.75, 3.05) is 27.2 Å². The Labute approximate surface area is 146 Å². The quantitative estimate of drug-likeness (QED) is 0.718. The molecule has 0 heterocycles. The van der Waals surface area contributed by atoms with E-state index >= 15 is 0 Å². The van der Waals surface area contributed by atoms with Crippen molar-refractivity contribution in [2.45, 2.75) is 51.7 Å². The van der Waals surface area contributed by atoms with Gasteiger partial charge in [0.1, 0.15) is 0 Å². The highest BCUT2D eigenvalue weighted by molar-refractivity contribution is 5.74. The zero-order valence-electron chi connectivity index (χ0n) is 15.9. The molecule has 0 spiro atoms. The van der Waals surface area contributed by atoms with E-state index in [2.05, 4.69) is 36.3 Å². The van der Waals surface area contributed by atoms with E-state index in [-0.39, 0.29) is 24.0 Å². The standard InChI is InChI=1S/C19H33N3O2/c1-14(11-12-22(5)6)21-18(24)20-13-17(23)15-7-9-16(10-8-15)19(2,3)4/h7-10,14,17,23H,11-13H2,1-6H3,(H2,20,21,24). The van der Waals surface area contributed by atoms with Crippen LogP contribution in [0.4, 0.5) is 4.79 Å². The minimum absolute atomic E-state index is 0.0876. The number of hydrogen-bond acceptors (Lipinski definition) is 3. The number of nitrogens with zero attached hydrogens (tertiary/aromatic N) is 1. The maximum absolute atomic E-state index is 11.9. The Morgan fingerprint density at radius 1 is 1.21 bits per heavy atom. The fraction of sp³-hybridized carbons (Fsp3) is 0.632. The fourth-order valence-electron chi connectivity index (χ4n) is 2.31. The molecule has 1 rings (SSSR count). The van der Waals surface area contributed by atoms with Crippen molar-refractivity contribution in [3.05, 3.63) is 35.4 Å². The second kappa shape index (κ2) is 9.04. The second-order valence-corrected chi connectivity index (χ2v) is 7.74. The van der Waals surface area contributed by atoms with Gasteiger partial charge in [0.25, 0.3) is 0 Å². The van der Waals surface area contributed by atoms with Gasteiger partial charge in [0.05, 0.1) is 6.10 Å². The molecule has 24 heavy (non-hydrogen) atoms. The topological polar surface area (TPSA) is 64.6 Å². The zero-order valence-corrected chi connectivity index (χ0v) is 15.9. The molecule has 5 heteroatoms. The molecule has 1 aromatic carbocycles. The van der Waals surface area contributed by atoms with Crippen molar-refractivity contribution >= 4 is 6.03 Å². The van der Waals surface area contributed by atoms with Gasteiger partial charge >= 0.3 is 6.03 Å². The van der Waals surface area contributed by atoms with Crippen LogP contribution in [0.2, 0.25) is 0 Å². The summed E-state index contributed by atoms with van der Waals surface area (Å²) in [6, 6.07) is 7.75. The smallest absolute Gasteiger partial charge is 0.315 e. The van der Waals surface area contributed by atoms with Crippen LogP contribution in [0, 0.1) is 0 Å². The molecular weight excluding hydrogens is 302 g/mol. The van der Waals surface area contributed by atoms with Gasteiger partial charge in [-0.25, -0.2) is 4.79 Å². The monoisotopic (exact) mass is 335 g/mol. The summed E-state index contributed by atoms with van der Waals surface area (Å²) in [6.07, 6.45) is 0.180. The molecule has 2 amide bonds. The molecule has 0 aliphatic rings. The van der Waals surface area contributed by atoms with Crippen LogP contribution < -0.4 is 10.6 Å². The third kappa shape index (κ3) is 7.32. The largest absolute Gasteiger partial charge is 0.387 e. The van der Waals surface area contributed by atoms with Crippen molar-refractivity contribution in [1.82, 2.24) is 15.5 Å². The van der Waals surface area contributed by atoms with Gasteiger partial charge in [-0.15, -0.1) is 0 Å². The summed E-state index contributed by atoms with van der Waals surface area (Å²) in [7, 11) is 4.02. The molecule has 0 aromatic heterocycles. The summed E-state index contributed by atoms with van der Waals surface area (Å²) in [5.41, 5.74) is 2.12. The molecule has 0 bridgehead atoms. The van der Waals surface area contributed by atoms with Crippen molar-refractivity contribution in [3.63, 3.8) is 0 Å². The Bertz CT molecular complexity index is 506. The number of aliphatic hydroxyl groups excluding tert-OH is 1. The van der Waals surface area contributed by atoms with E-state index < -0.39 is 6.10 Å². The molecule has 2 unspecified atom stereocenters. The maximum atomic E-state index is 11.9. The lowest BCUT2D eigenvalue weighted by atomic mass is 9.86. The Morgan fingerprint density at radius 3 is 2.29 bits per heavy atom. The number of benzene rings is 1. The van der Waals surface area contributed by atoms with Crippen LogP contribution in [0.1, 0.15) is 51.3 Å². The number of rotatable bonds is 7. The molecule has 3 N–H and O–H groups in total. The van der Waals surface area contributed by atoms with Crippen LogP contribution in [0.25, 0.3) is 0 Å². The molecule has 0 aliphatic heterocycles. The van der Waals surface area contributed by atoms with Gasteiger partial charge in [0, 0.05) is 12.6 Å². The van der Waals surface area contributed by atoms with E-state index in [9.17, 15) is 9.90 Å². The molecule has 0 fully saturated rings. The Hall–Kier alpha value is -1.59. The van der Waals surface area contributed by atoms with Crippen LogP contribution in [0.15, 0.2) is 24.3 Å². The molecule has 0 radical (unpaired) electrons. The lowest BCUT2D eigenvalue weighted by Gasteiger charge is -2.20. The third-order valence-corrected chi connectivity index (χ3v) is 4.00. The number of aliphatic hydroxyl groups is 1. The van der Waals surface area contributed by atoms with Gasteiger partial charge < -0.3 is 20.6 Å². The summed E-state index contributed by atoms with van der Waals surface area (Å²) in [4.78, 5) is 14.0. The molecule has 2 atom stereocenters. The summed E-state index contributed by atoms with van der Waals surface area (Å²) in [5, 5.41) is 15.8. The first kappa shape index (κ1) is 20.5. The van der Waals surface area contributed by atoms with Gasteiger partial charge in [0.2, 0.25) is 0 Å². The number of amides is 2. The average molecular weight is 335 g/mol. The van der Waals surface area contributed by atoms with Crippen LogP contribution in [-0.2, 0) is 5.41 Å². The molecule has 0 saturated heterocycles. The number of carbonyl (C=O) groups is 1. The summed E-state index contributed by atoms with van der Waals surface area (Å²) in [5.74, 6) is 0. The van der Waals surface area contributed by atoms with E-state index in [1.165, 1.54) is 5.56 Å². The normalized spacial score (nSPS) is 14.3. The van der Waals surface area contributed by atoms with Crippen molar-refractivity contribution in [1.29, 1.82) is 0 Å². The molecule has 0 saturated carbocycles. The van der Waals surface area contributed by atoms with Crippen molar-refractivity contribution in [3.8, 4) is 0 Å². The highest BCUT2D eigenvalue weighted by Gasteiger charge is 2.15. The van der Waals surface area contributed by atoms with E-state index in [0.717, 1.165) is 18.5 Å². The number of carbonyl (C=O) groups excluding carboxylic acids is 1. The Balaban J connectivity index is 2.42. The van der Waals surface area contributed by atoms with Gasteiger partial charge in [-0.1, -0.05) is 45.0 Å². The molecule has 5 nitrogen and oxygen atoms in total. The first-order chi connectivity index (χ1) is 11.1. The van der Waals surface area contributed by atoms with Crippen molar-refractivity contribution < 1.29 is 9.90 Å². The molecule has 0 aliphatic carbocycles. The lowest BCUT2D eigenvalue weighted by molar-refractivity contribution is 0.172. The van der Waals surface area contributed by atoms with Gasteiger partial charge in [-0.2, -0.15) is 0 Å². The Morgan fingerprint density at radius 2 is 1.79 bits per heavy atom. The van der Waals surface area contributed by atoms with E-state index in [1.54, 1.807) is 0 Å². The highest BCUT2D eigenvalue weighted by Crippen LogP contribution is 2.23.